The summed E-state index contributed by atoms with van der Waals surface area (Å²) in [6.45, 7) is 3.14. The van der Waals surface area contributed by atoms with Gasteiger partial charge in [0.2, 0.25) is 0 Å². The number of nitrogens with one attached hydrogen (secondary N) is 1. The first-order valence-corrected chi connectivity index (χ1v) is 12.2. The number of pyridine rings is 1. The molecule has 0 spiro atoms. The lowest BCUT2D eigenvalue weighted by Crippen LogP contribution is -2.49. The van der Waals surface area contributed by atoms with Crippen LogP contribution in [0.1, 0.15) is 42.0 Å². The number of rotatable bonds is 4. The van der Waals surface area contributed by atoms with Crippen LogP contribution < -0.4 is 5.32 Å². The van der Waals surface area contributed by atoms with Gasteiger partial charge in [-0.05, 0) is 37.3 Å². The van der Waals surface area contributed by atoms with Crippen molar-refractivity contribution < 1.29 is 9.53 Å². The highest BCUT2D eigenvalue weighted by atomic mass is 35.5. The van der Waals surface area contributed by atoms with E-state index in [-0.39, 0.29) is 24.0 Å². The molecule has 1 aromatic carbocycles. The Morgan fingerprint density at radius 1 is 1.24 bits per heavy atom. The number of ether oxygens (including phenoxy) is 1. The molecule has 2 bridgehead atoms. The summed E-state index contributed by atoms with van der Waals surface area (Å²) in [5.41, 5.74) is 3.59. The Balaban J connectivity index is 1.42. The van der Waals surface area contributed by atoms with Crippen LogP contribution in [0.2, 0.25) is 5.02 Å². The van der Waals surface area contributed by atoms with Crippen molar-refractivity contribution >= 4 is 55.8 Å². The zero-order valence-corrected chi connectivity index (χ0v) is 19.4. The normalized spacial score (nSPS) is 21.0. The Kier molecular flexibility index (Phi) is 5.12. The fraction of sp³-hybridized carbons (Fsp3) is 0.348. The van der Waals surface area contributed by atoms with Gasteiger partial charge >= 0.3 is 0 Å². The minimum Gasteiger partial charge on any atom is -0.377 e. The van der Waals surface area contributed by atoms with Crippen molar-refractivity contribution in [3.8, 4) is 0 Å². The number of anilines is 1. The predicted octanol–water partition coefficient (Wildman–Crippen LogP) is 4.46. The molecule has 0 saturated carbocycles. The smallest absolute Gasteiger partial charge is 0.273 e. The average molecular weight is 481 g/mol. The third kappa shape index (κ3) is 3.51. The van der Waals surface area contributed by atoms with E-state index in [9.17, 15) is 4.79 Å². The summed E-state index contributed by atoms with van der Waals surface area (Å²) >= 11 is 8.04. The van der Waals surface area contributed by atoms with Gasteiger partial charge < -0.3 is 15.0 Å². The van der Waals surface area contributed by atoms with Gasteiger partial charge in [0, 0.05) is 5.39 Å². The molecule has 1 N–H and O–H groups in total. The average Bonchev–Trinajstić information content (AvgIpc) is 3.40. The molecule has 2 fully saturated rings. The molecule has 2 aliphatic heterocycles. The van der Waals surface area contributed by atoms with E-state index in [1.165, 1.54) is 17.7 Å². The van der Waals surface area contributed by atoms with E-state index < -0.39 is 0 Å². The summed E-state index contributed by atoms with van der Waals surface area (Å²) < 4.78 is 5.67. The summed E-state index contributed by atoms with van der Waals surface area (Å²) in [4.78, 5) is 34.4. The maximum atomic E-state index is 13.8. The predicted molar refractivity (Wildman–Crippen MR) is 128 cm³/mol. The SMILES string of the molecule is C[C@H](Nc1ncnc2scnc12)c1cc2cccc(Cl)c2c(C(=O)N2C3CCC2COC3)n1. The third-order valence-corrected chi connectivity index (χ3v) is 7.48. The first kappa shape index (κ1) is 20.7. The van der Waals surface area contributed by atoms with Gasteiger partial charge in [0.05, 0.1) is 47.6 Å². The second-order valence-corrected chi connectivity index (χ2v) is 9.70. The van der Waals surface area contributed by atoms with E-state index >= 15 is 0 Å². The zero-order chi connectivity index (χ0) is 22.5. The van der Waals surface area contributed by atoms with E-state index in [0.717, 1.165) is 34.3 Å². The molecule has 4 aromatic rings. The van der Waals surface area contributed by atoms with Gasteiger partial charge in [-0.1, -0.05) is 23.7 Å². The largest absolute Gasteiger partial charge is 0.377 e. The molecule has 0 radical (unpaired) electrons. The maximum Gasteiger partial charge on any atom is 0.273 e. The van der Waals surface area contributed by atoms with Crippen LogP contribution in [0.3, 0.4) is 0 Å². The highest BCUT2D eigenvalue weighted by Gasteiger charge is 2.41. The van der Waals surface area contributed by atoms with Crippen molar-refractivity contribution in [2.75, 3.05) is 18.5 Å². The van der Waals surface area contributed by atoms with Crippen LogP contribution in [0.5, 0.6) is 0 Å². The molecule has 6 rings (SSSR count). The third-order valence-electron chi connectivity index (χ3n) is 6.44. The van der Waals surface area contributed by atoms with Gasteiger partial charge in [-0.2, -0.15) is 0 Å². The van der Waals surface area contributed by atoms with E-state index in [4.69, 9.17) is 21.3 Å². The first-order valence-electron chi connectivity index (χ1n) is 10.9. The fourth-order valence-electron chi connectivity index (χ4n) is 4.83. The van der Waals surface area contributed by atoms with Crippen LogP contribution in [0.25, 0.3) is 21.1 Å². The van der Waals surface area contributed by atoms with Crippen molar-refractivity contribution in [1.82, 2.24) is 24.8 Å². The van der Waals surface area contributed by atoms with Crippen molar-refractivity contribution in [2.24, 2.45) is 0 Å². The molecule has 168 valence electrons. The monoisotopic (exact) mass is 480 g/mol. The summed E-state index contributed by atoms with van der Waals surface area (Å²) in [6, 6.07) is 7.60. The molecule has 10 heteroatoms. The Bertz CT molecular complexity index is 1360. The topological polar surface area (TPSA) is 93.1 Å². The number of thiazole rings is 1. The molecule has 2 unspecified atom stereocenters. The molecule has 33 heavy (non-hydrogen) atoms. The number of fused-ring (bicyclic) bond motifs is 4. The number of aromatic nitrogens is 4. The Morgan fingerprint density at radius 2 is 2.06 bits per heavy atom. The van der Waals surface area contributed by atoms with Crippen LogP contribution >= 0.6 is 22.9 Å². The number of amides is 1. The van der Waals surface area contributed by atoms with Gasteiger partial charge in [0.15, 0.2) is 5.82 Å². The number of carbonyl (C=O) groups excluding carboxylic acids is 1. The lowest BCUT2D eigenvalue weighted by Gasteiger charge is -2.34. The number of nitrogens with zero attached hydrogens (tertiary/aromatic N) is 5. The Labute approximate surface area is 199 Å². The van der Waals surface area contributed by atoms with Crippen molar-refractivity contribution in [3.63, 3.8) is 0 Å². The summed E-state index contributed by atoms with van der Waals surface area (Å²) in [5.74, 6) is 0.558. The molecule has 3 aromatic heterocycles. The van der Waals surface area contributed by atoms with Crippen molar-refractivity contribution in [3.05, 3.63) is 52.5 Å². The quantitative estimate of drug-likeness (QED) is 0.460. The Hall–Kier alpha value is -2.88. The second-order valence-electron chi connectivity index (χ2n) is 8.46. The van der Waals surface area contributed by atoms with Gasteiger partial charge in [-0.3, -0.25) is 4.79 Å². The minimum absolute atomic E-state index is 0.0816. The molecular weight excluding hydrogens is 460 g/mol. The molecule has 2 saturated heterocycles. The number of morpholine rings is 1. The minimum atomic E-state index is -0.221. The standard InChI is InChI=1S/C23H21ClN6O2S/c1-12(28-21-20-22(26-10-25-21)33-11-27-20)17-7-13-3-2-4-16(24)18(13)19(29-17)23(31)30-14-5-6-15(30)9-32-8-14/h2-4,7,10-12,14-15H,5-6,8-9H2,1H3,(H,25,26,28)/t12-,14?,15?/m0/s1. The second kappa shape index (κ2) is 8.16. The van der Waals surface area contributed by atoms with Crippen LogP contribution in [0, 0.1) is 0 Å². The summed E-state index contributed by atoms with van der Waals surface area (Å²) in [7, 11) is 0. The number of halogens is 1. The molecular formula is C23H21ClN6O2S. The zero-order valence-electron chi connectivity index (χ0n) is 17.9. The summed E-state index contributed by atoms with van der Waals surface area (Å²) in [6.07, 6.45) is 3.43. The van der Waals surface area contributed by atoms with E-state index in [1.54, 1.807) is 11.6 Å². The van der Waals surface area contributed by atoms with E-state index in [2.05, 4.69) is 20.3 Å². The van der Waals surface area contributed by atoms with Crippen LogP contribution in [0.4, 0.5) is 5.82 Å². The lowest BCUT2D eigenvalue weighted by atomic mass is 10.0. The molecule has 0 aliphatic carbocycles. The maximum absolute atomic E-state index is 13.8. The Morgan fingerprint density at radius 3 is 2.88 bits per heavy atom. The molecule has 1 amide bonds. The lowest BCUT2D eigenvalue weighted by molar-refractivity contribution is -0.00736. The van der Waals surface area contributed by atoms with Gasteiger partial charge in [0.25, 0.3) is 5.91 Å². The van der Waals surface area contributed by atoms with Crippen LogP contribution in [0.15, 0.2) is 36.1 Å². The highest BCUT2D eigenvalue weighted by molar-refractivity contribution is 7.16. The number of hydrogen-bond acceptors (Lipinski definition) is 8. The molecule has 8 nitrogen and oxygen atoms in total. The molecule has 2 aliphatic rings. The van der Waals surface area contributed by atoms with Crippen molar-refractivity contribution in [2.45, 2.75) is 37.9 Å². The van der Waals surface area contributed by atoms with E-state index in [1.807, 2.05) is 30.0 Å². The van der Waals surface area contributed by atoms with E-state index in [0.29, 0.717) is 35.1 Å². The number of benzene rings is 1. The fourth-order valence-corrected chi connectivity index (χ4v) is 5.72. The van der Waals surface area contributed by atoms with Crippen molar-refractivity contribution in [1.29, 1.82) is 0 Å². The van der Waals surface area contributed by atoms with Crippen LogP contribution in [-0.4, -0.2) is 56.0 Å². The van der Waals surface area contributed by atoms with Crippen LogP contribution in [-0.2, 0) is 4.74 Å². The first-order chi connectivity index (χ1) is 16.1. The molecule has 5 heterocycles. The molecule has 3 atom stereocenters. The number of carbonyl (C=O) groups is 1. The van der Waals surface area contributed by atoms with Gasteiger partial charge in [-0.15, -0.1) is 11.3 Å². The van der Waals surface area contributed by atoms with Gasteiger partial charge in [-0.25, -0.2) is 19.9 Å². The number of hydrogen-bond donors (Lipinski definition) is 1. The summed E-state index contributed by atoms with van der Waals surface area (Å²) in [5, 5.41) is 5.49. The highest BCUT2D eigenvalue weighted by Crippen LogP contribution is 2.35. The van der Waals surface area contributed by atoms with Gasteiger partial charge in [0.1, 0.15) is 22.4 Å².